The van der Waals surface area contributed by atoms with E-state index < -0.39 is 5.60 Å². The molecule has 0 saturated carbocycles. The quantitative estimate of drug-likeness (QED) is 0.917. The molecule has 1 N–H and O–H groups in total. The van der Waals surface area contributed by atoms with Crippen molar-refractivity contribution in [3.05, 3.63) is 28.6 Å². The molecule has 0 radical (unpaired) electrons. The smallest absolute Gasteiger partial charge is 0.140 e. The predicted octanol–water partition coefficient (Wildman–Crippen LogP) is 3.20. The van der Waals surface area contributed by atoms with E-state index in [1.165, 1.54) is 0 Å². The second-order valence-electron chi connectivity index (χ2n) is 5.23. The zero-order valence-electron chi connectivity index (χ0n) is 11.5. The van der Waals surface area contributed by atoms with E-state index in [4.69, 9.17) is 4.74 Å². The van der Waals surface area contributed by atoms with Gasteiger partial charge >= 0.3 is 0 Å². The molecular formula is C14H19BrN2O2. The van der Waals surface area contributed by atoms with Crippen LogP contribution in [0.4, 0.5) is 0 Å². The molecule has 0 aromatic carbocycles. The van der Waals surface area contributed by atoms with Crippen LogP contribution in [0.2, 0.25) is 0 Å². The first kappa shape index (κ1) is 14.3. The zero-order valence-corrected chi connectivity index (χ0v) is 13.1. The molecule has 0 unspecified atom stereocenters. The van der Waals surface area contributed by atoms with E-state index in [0.717, 1.165) is 28.0 Å². The topological polar surface area (TPSA) is 46.8 Å². The van der Waals surface area contributed by atoms with E-state index in [-0.39, 0.29) is 0 Å². The lowest BCUT2D eigenvalue weighted by Gasteiger charge is -2.15. The van der Waals surface area contributed by atoms with Crippen LogP contribution in [0.25, 0.3) is 5.65 Å². The SMILES string of the molecule is CCOc1cc2nc(CCC(C)(C)O)cn2cc1Br. The highest BCUT2D eigenvalue weighted by Gasteiger charge is 2.14. The van der Waals surface area contributed by atoms with Crippen LogP contribution in [0.5, 0.6) is 5.75 Å². The van der Waals surface area contributed by atoms with E-state index in [1.807, 2.05) is 43.6 Å². The molecule has 0 aliphatic heterocycles. The lowest BCUT2D eigenvalue weighted by atomic mass is 10.0. The maximum Gasteiger partial charge on any atom is 0.140 e. The standard InChI is InChI=1S/C14H19BrN2O2/c1-4-19-12-7-13-16-10(5-6-14(2,3)18)8-17(13)9-11(12)15/h7-9,18H,4-6H2,1-3H3. The summed E-state index contributed by atoms with van der Waals surface area (Å²) in [5.74, 6) is 0.801. The molecular weight excluding hydrogens is 308 g/mol. The van der Waals surface area contributed by atoms with Gasteiger partial charge in [-0.25, -0.2) is 4.98 Å². The van der Waals surface area contributed by atoms with Crippen LogP contribution in [0, 0.1) is 0 Å². The van der Waals surface area contributed by atoms with Crippen LogP contribution in [0.15, 0.2) is 22.9 Å². The zero-order chi connectivity index (χ0) is 14.0. The maximum absolute atomic E-state index is 9.75. The Morgan fingerprint density at radius 3 is 2.79 bits per heavy atom. The molecule has 4 nitrogen and oxygen atoms in total. The van der Waals surface area contributed by atoms with Gasteiger partial charge in [0.15, 0.2) is 0 Å². The second kappa shape index (κ2) is 5.51. The Morgan fingerprint density at radius 2 is 2.16 bits per heavy atom. The number of nitrogens with zero attached hydrogens (tertiary/aromatic N) is 2. The molecule has 104 valence electrons. The van der Waals surface area contributed by atoms with Crippen molar-refractivity contribution < 1.29 is 9.84 Å². The number of pyridine rings is 1. The molecule has 0 spiro atoms. The first-order valence-electron chi connectivity index (χ1n) is 6.41. The third-order valence-corrected chi connectivity index (χ3v) is 3.45. The Hall–Kier alpha value is -1.07. The Balaban J connectivity index is 2.25. The van der Waals surface area contributed by atoms with E-state index in [2.05, 4.69) is 20.9 Å². The molecule has 0 bridgehead atoms. The molecule has 0 fully saturated rings. The number of fused-ring (bicyclic) bond motifs is 1. The van der Waals surface area contributed by atoms with Gasteiger partial charge in [0.2, 0.25) is 0 Å². The summed E-state index contributed by atoms with van der Waals surface area (Å²) in [5, 5.41) is 9.75. The van der Waals surface area contributed by atoms with E-state index in [0.29, 0.717) is 13.0 Å². The largest absolute Gasteiger partial charge is 0.492 e. The highest BCUT2D eigenvalue weighted by molar-refractivity contribution is 9.10. The normalized spacial score (nSPS) is 12.1. The number of halogens is 1. The summed E-state index contributed by atoms with van der Waals surface area (Å²) < 4.78 is 8.40. The molecule has 19 heavy (non-hydrogen) atoms. The third-order valence-electron chi connectivity index (χ3n) is 2.85. The van der Waals surface area contributed by atoms with Crippen molar-refractivity contribution in [1.82, 2.24) is 9.38 Å². The van der Waals surface area contributed by atoms with Gasteiger partial charge in [-0.2, -0.15) is 0 Å². The van der Waals surface area contributed by atoms with Crippen LogP contribution in [0.3, 0.4) is 0 Å². The fraction of sp³-hybridized carbons (Fsp3) is 0.500. The van der Waals surface area contributed by atoms with Gasteiger partial charge in [0.25, 0.3) is 0 Å². The summed E-state index contributed by atoms with van der Waals surface area (Å²) in [4.78, 5) is 4.55. The van der Waals surface area contributed by atoms with Gasteiger partial charge in [-0.3, -0.25) is 0 Å². The Kier molecular flexibility index (Phi) is 4.16. The van der Waals surface area contributed by atoms with Crippen LogP contribution in [-0.2, 0) is 6.42 Å². The predicted molar refractivity (Wildman–Crippen MR) is 78.7 cm³/mol. The lowest BCUT2D eigenvalue weighted by molar-refractivity contribution is 0.0711. The number of aryl methyl sites for hydroxylation is 1. The summed E-state index contributed by atoms with van der Waals surface area (Å²) in [7, 11) is 0. The summed E-state index contributed by atoms with van der Waals surface area (Å²) in [6.45, 7) is 6.21. The fourth-order valence-corrected chi connectivity index (χ4v) is 2.31. The average Bonchev–Trinajstić information content (AvgIpc) is 2.68. The maximum atomic E-state index is 9.75. The van der Waals surface area contributed by atoms with Gasteiger partial charge in [-0.15, -0.1) is 0 Å². The number of ether oxygens (including phenoxy) is 1. The molecule has 0 amide bonds. The van der Waals surface area contributed by atoms with E-state index in [9.17, 15) is 5.11 Å². The van der Waals surface area contributed by atoms with Gasteiger partial charge in [0, 0.05) is 18.5 Å². The Morgan fingerprint density at radius 1 is 1.42 bits per heavy atom. The number of hydrogen-bond donors (Lipinski definition) is 1. The minimum absolute atomic E-state index is 0.626. The molecule has 5 heteroatoms. The van der Waals surface area contributed by atoms with E-state index >= 15 is 0 Å². The second-order valence-corrected chi connectivity index (χ2v) is 6.08. The number of aromatic nitrogens is 2. The number of aliphatic hydroxyl groups is 1. The highest BCUT2D eigenvalue weighted by atomic mass is 79.9. The van der Waals surface area contributed by atoms with Crippen molar-refractivity contribution in [1.29, 1.82) is 0 Å². The molecule has 0 aliphatic carbocycles. The molecule has 2 aromatic heterocycles. The average molecular weight is 327 g/mol. The molecule has 2 aromatic rings. The highest BCUT2D eigenvalue weighted by Crippen LogP contribution is 2.26. The number of hydrogen-bond acceptors (Lipinski definition) is 3. The van der Waals surface area contributed by atoms with E-state index in [1.54, 1.807) is 0 Å². The van der Waals surface area contributed by atoms with Gasteiger partial charge in [0.05, 0.1) is 22.4 Å². The van der Waals surface area contributed by atoms with Crippen molar-refractivity contribution in [2.75, 3.05) is 6.61 Å². The van der Waals surface area contributed by atoms with Crippen LogP contribution >= 0.6 is 15.9 Å². The monoisotopic (exact) mass is 326 g/mol. The number of rotatable bonds is 5. The van der Waals surface area contributed by atoms with Crippen molar-refractivity contribution in [2.24, 2.45) is 0 Å². The molecule has 0 saturated heterocycles. The molecule has 0 aliphatic rings. The first-order chi connectivity index (χ1) is 8.89. The molecule has 0 atom stereocenters. The summed E-state index contributed by atoms with van der Waals surface area (Å²) in [6, 6.07) is 1.92. The van der Waals surface area contributed by atoms with Crippen LogP contribution in [0.1, 0.15) is 32.9 Å². The van der Waals surface area contributed by atoms with Gasteiger partial charge < -0.3 is 14.2 Å². The summed E-state index contributed by atoms with van der Waals surface area (Å²) >= 11 is 3.48. The van der Waals surface area contributed by atoms with Gasteiger partial charge in [0.1, 0.15) is 11.4 Å². The summed E-state index contributed by atoms with van der Waals surface area (Å²) in [5.41, 5.74) is 1.17. The van der Waals surface area contributed by atoms with Crippen molar-refractivity contribution in [3.63, 3.8) is 0 Å². The van der Waals surface area contributed by atoms with Gasteiger partial charge in [-0.1, -0.05) is 0 Å². The number of imidazole rings is 1. The minimum Gasteiger partial charge on any atom is -0.492 e. The van der Waals surface area contributed by atoms with Crippen molar-refractivity contribution in [3.8, 4) is 5.75 Å². The fourth-order valence-electron chi connectivity index (χ4n) is 1.86. The van der Waals surface area contributed by atoms with Crippen LogP contribution in [-0.4, -0.2) is 26.7 Å². The van der Waals surface area contributed by atoms with Gasteiger partial charge in [-0.05, 0) is 49.5 Å². The van der Waals surface area contributed by atoms with Crippen molar-refractivity contribution in [2.45, 2.75) is 39.2 Å². The molecule has 2 heterocycles. The molecule has 2 rings (SSSR count). The van der Waals surface area contributed by atoms with Crippen LogP contribution < -0.4 is 4.74 Å². The summed E-state index contributed by atoms with van der Waals surface area (Å²) in [6.07, 6.45) is 5.38. The van der Waals surface area contributed by atoms with Crippen molar-refractivity contribution >= 4 is 21.6 Å². The minimum atomic E-state index is -0.660. The first-order valence-corrected chi connectivity index (χ1v) is 7.20. The Labute approximate surface area is 121 Å². The Bertz CT molecular complexity index is 573. The lowest BCUT2D eigenvalue weighted by Crippen LogP contribution is -2.19. The third kappa shape index (κ3) is 3.70.